The largest absolute Gasteiger partial charge is 0.297 e. The van der Waals surface area contributed by atoms with Crippen molar-refractivity contribution in [2.45, 2.75) is 24.8 Å². The van der Waals surface area contributed by atoms with Gasteiger partial charge in [-0.3, -0.25) is 9.17 Å². The smallest absolute Gasteiger partial charge is 0.257 e. The number of aromatic nitrogens is 1. The molecule has 5 heteroatoms. The molecule has 2 rings (SSSR count). The van der Waals surface area contributed by atoms with E-state index in [1.165, 1.54) is 12.1 Å². The molecule has 4 nitrogen and oxygen atoms in total. The number of pyridine rings is 1. The number of rotatable bonds is 4. The predicted molar refractivity (Wildman–Crippen MR) is 72.1 cm³/mol. The Balaban J connectivity index is 2.22. The van der Waals surface area contributed by atoms with Crippen molar-refractivity contribution in [1.82, 2.24) is 4.98 Å². The van der Waals surface area contributed by atoms with Gasteiger partial charge >= 0.3 is 0 Å². The van der Waals surface area contributed by atoms with E-state index in [9.17, 15) is 8.42 Å². The van der Waals surface area contributed by atoms with E-state index in [0.717, 1.165) is 5.69 Å². The lowest BCUT2D eigenvalue weighted by Gasteiger charge is -2.13. The first-order valence-electron chi connectivity index (χ1n) is 5.91. The molecule has 19 heavy (non-hydrogen) atoms. The monoisotopic (exact) mass is 277 g/mol. The summed E-state index contributed by atoms with van der Waals surface area (Å²) in [5.41, 5.74) is 1.42. The molecule has 1 aromatic heterocycles. The van der Waals surface area contributed by atoms with Crippen molar-refractivity contribution in [1.29, 1.82) is 0 Å². The van der Waals surface area contributed by atoms with E-state index in [1.807, 2.05) is 19.1 Å². The van der Waals surface area contributed by atoms with Crippen LogP contribution < -0.4 is 0 Å². The van der Waals surface area contributed by atoms with Crippen molar-refractivity contribution < 1.29 is 12.6 Å². The Hall–Kier alpha value is -1.72. The first-order chi connectivity index (χ1) is 8.99. The zero-order valence-electron chi connectivity index (χ0n) is 10.8. The van der Waals surface area contributed by atoms with Crippen molar-refractivity contribution in [2.75, 3.05) is 0 Å². The molecule has 0 aliphatic carbocycles. The molecule has 0 amide bonds. The summed E-state index contributed by atoms with van der Waals surface area (Å²) in [6.07, 6.45) is -0.620. The number of benzene rings is 1. The highest BCUT2D eigenvalue weighted by Crippen LogP contribution is 2.21. The van der Waals surface area contributed by atoms with Gasteiger partial charge < -0.3 is 0 Å². The fraction of sp³-hybridized carbons (Fsp3) is 0.214. The van der Waals surface area contributed by atoms with Gasteiger partial charge in [0.05, 0.1) is 10.6 Å². The van der Waals surface area contributed by atoms with Crippen molar-refractivity contribution >= 4 is 10.1 Å². The minimum absolute atomic E-state index is 0.148. The van der Waals surface area contributed by atoms with Crippen LogP contribution in [0, 0.1) is 6.92 Å². The third-order valence-corrected chi connectivity index (χ3v) is 4.02. The van der Waals surface area contributed by atoms with Crippen LogP contribution in [0.15, 0.2) is 53.4 Å². The van der Waals surface area contributed by atoms with Crippen LogP contribution in [0.5, 0.6) is 0 Å². The summed E-state index contributed by atoms with van der Waals surface area (Å²) in [5, 5.41) is 0. The third-order valence-electron chi connectivity index (χ3n) is 2.63. The average molecular weight is 277 g/mol. The topological polar surface area (TPSA) is 56.3 Å². The zero-order valence-corrected chi connectivity index (χ0v) is 11.6. The standard InChI is InChI=1S/C14H15NO3S/c1-11-7-6-10-14(15-11)12(2)18-19(16,17)13-8-4-3-5-9-13/h3-10,12H,1-2H3. The Morgan fingerprint density at radius 1 is 1.05 bits per heavy atom. The van der Waals surface area contributed by atoms with Gasteiger partial charge in [0, 0.05) is 5.69 Å². The normalized spacial score (nSPS) is 13.2. The Bertz CT molecular complexity index is 653. The highest BCUT2D eigenvalue weighted by Gasteiger charge is 2.20. The van der Waals surface area contributed by atoms with E-state index in [1.54, 1.807) is 31.2 Å². The van der Waals surface area contributed by atoms with E-state index in [2.05, 4.69) is 4.98 Å². The van der Waals surface area contributed by atoms with Crippen LogP contribution in [0.25, 0.3) is 0 Å². The number of hydrogen-bond acceptors (Lipinski definition) is 4. The molecule has 0 N–H and O–H groups in total. The van der Waals surface area contributed by atoms with E-state index in [0.29, 0.717) is 5.69 Å². The van der Waals surface area contributed by atoms with Gasteiger partial charge in [0.25, 0.3) is 10.1 Å². The van der Waals surface area contributed by atoms with Crippen molar-refractivity contribution in [3.05, 3.63) is 59.9 Å². The average Bonchev–Trinajstić information content (AvgIpc) is 2.39. The predicted octanol–water partition coefficient (Wildman–Crippen LogP) is 2.86. The maximum atomic E-state index is 12.1. The van der Waals surface area contributed by atoms with E-state index in [4.69, 9.17) is 4.18 Å². The molecule has 0 radical (unpaired) electrons. The van der Waals surface area contributed by atoms with Crippen LogP contribution in [-0.4, -0.2) is 13.4 Å². The Kier molecular flexibility index (Phi) is 3.97. The van der Waals surface area contributed by atoms with Gasteiger partial charge in [-0.05, 0) is 38.1 Å². The molecule has 0 saturated heterocycles. The van der Waals surface area contributed by atoms with Gasteiger partial charge in [0.1, 0.15) is 6.10 Å². The van der Waals surface area contributed by atoms with Crippen LogP contribution in [0.3, 0.4) is 0 Å². The van der Waals surface area contributed by atoms with E-state index >= 15 is 0 Å². The summed E-state index contributed by atoms with van der Waals surface area (Å²) in [7, 11) is -3.76. The van der Waals surface area contributed by atoms with Gasteiger partial charge in [-0.25, -0.2) is 0 Å². The van der Waals surface area contributed by atoms with E-state index in [-0.39, 0.29) is 4.90 Å². The summed E-state index contributed by atoms with van der Waals surface area (Å²) in [4.78, 5) is 4.41. The second kappa shape index (κ2) is 5.50. The Labute approximate surface area is 113 Å². The SMILES string of the molecule is Cc1cccc(C(C)OS(=O)(=O)c2ccccc2)n1. The molecule has 0 bridgehead atoms. The van der Waals surface area contributed by atoms with Gasteiger partial charge in [-0.1, -0.05) is 24.3 Å². The molecule has 1 heterocycles. The lowest BCUT2D eigenvalue weighted by molar-refractivity contribution is 0.229. The Morgan fingerprint density at radius 2 is 1.74 bits per heavy atom. The highest BCUT2D eigenvalue weighted by molar-refractivity contribution is 7.86. The highest BCUT2D eigenvalue weighted by atomic mass is 32.2. The molecule has 1 unspecified atom stereocenters. The van der Waals surface area contributed by atoms with Crippen LogP contribution in [-0.2, 0) is 14.3 Å². The molecule has 1 atom stereocenters. The molecule has 0 spiro atoms. The van der Waals surface area contributed by atoms with Gasteiger partial charge in [0.15, 0.2) is 0 Å². The van der Waals surface area contributed by atoms with Crippen LogP contribution >= 0.6 is 0 Å². The van der Waals surface area contributed by atoms with E-state index < -0.39 is 16.2 Å². The second-order valence-corrected chi connectivity index (χ2v) is 5.78. The number of nitrogens with zero attached hydrogens (tertiary/aromatic N) is 1. The van der Waals surface area contributed by atoms with Crippen molar-refractivity contribution in [2.24, 2.45) is 0 Å². The third kappa shape index (κ3) is 3.39. The minimum atomic E-state index is -3.76. The number of aryl methyl sites for hydroxylation is 1. The molecule has 0 fully saturated rings. The molecule has 1 aromatic carbocycles. The van der Waals surface area contributed by atoms with Crippen molar-refractivity contribution in [3.63, 3.8) is 0 Å². The fourth-order valence-corrected chi connectivity index (χ4v) is 2.75. The molecular weight excluding hydrogens is 262 g/mol. The summed E-state index contributed by atoms with van der Waals surface area (Å²) in [5.74, 6) is 0. The summed E-state index contributed by atoms with van der Waals surface area (Å²) in [6.45, 7) is 3.52. The summed E-state index contributed by atoms with van der Waals surface area (Å²) in [6, 6.07) is 13.5. The van der Waals surface area contributed by atoms with Crippen LogP contribution in [0.2, 0.25) is 0 Å². The Morgan fingerprint density at radius 3 is 2.37 bits per heavy atom. The van der Waals surface area contributed by atoms with Gasteiger partial charge in [-0.15, -0.1) is 0 Å². The zero-order chi connectivity index (χ0) is 13.9. The fourth-order valence-electron chi connectivity index (χ4n) is 1.67. The first kappa shape index (κ1) is 13.7. The molecule has 2 aromatic rings. The minimum Gasteiger partial charge on any atom is -0.257 e. The maximum absolute atomic E-state index is 12.1. The molecule has 100 valence electrons. The number of hydrogen-bond donors (Lipinski definition) is 0. The quantitative estimate of drug-likeness (QED) is 0.806. The van der Waals surface area contributed by atoms with Crippen LogP contribution in [0.1, 0.15) is 24.4 Å². The van der Waals surface area contributed by atoms with Crippen LogP contribution in [0.4, 0.5) is 0 Å². The van der Waals surface area contributed by atoms with Crippen molar-refractivity contribution in [3.8, 4) is 0 Å². The first-order valence-corrected chi connectivity index (χ1v) is 7.32. The summed E-state index contributed by atoms with van der Waals surface area (Å²) >= 11 is 0. The molecular formula is C14H15NO3S. The van der Waals surface area contributed by atoms with Gasteiger partial charge in [-0.2, -0.15) is 8.42 Å². The molecule has 0 saturated carbocycles. The molecule has 0 aliphatic heterocycles. The lowest BCUT2D eigenvalue weighted by atomic mass is 10.2. The molecule has 0 aliphatic rings. The summed E-state index contributed by atoms with van der Waals surface area (Å²) < 4.78 is 29.3. The lowest BCUT2D eigenvalue weighted by Crippen LogP contribution is -2.11. The second-order valence-electron chi connectivity index (χ2n) is 4.21. The van der Waals surface area contributed by atoms with Gasteiger partial charge in [0.2, 0.25) is 0 Å². The maximum Gasteiger partial charge on any atom is 0.297 e.